The number of rotatable bonds is 3. The van der Waals surface area contributed by atoms with Gasteiger partial charge in [0.15, 0.2) is 5.78 Å². The number of aliphatic hydroxyl groups excluding tert-OH is 1. The number of carbonyl (C=O) groups is 1. The predicted octanol–water partition coefficient (Wildman–Crippen LogP) is 4.84. The first-order valence-electron chi connectivity index (χ1n) is 8.98. The van der Waals surface area contributed by atoms with Gasteiger partial charge in [-0.15, -0.1) is 0 Å². The number of carbonyl (C=O) groups excluding carboxylic acids is 1. The van der Waals surface area contributed by atoms with E-state index in [1.165, 1.54) is 12.1 Å². The van der Waals surface area contributed by atoms with Gasteiger partial charge in [0, 0.05) is 0 Å². The van der Waals surface area contributed by atoms with Crippen LogP contribution >= 0.6 is 0 Å². The zero-order valence-corrected chi connectivity index (χ0v) is 14.9. The summed E-state index contributed by atoms with van der Waals surface area (Å²) >= 11 is 0. The molecule has 0 radical (unpaired) electrons. The summed E-state index contributed by atoms with van der Waals surface area (Å²) in [6.45, 7) is 3.86. The van der Waals surface area contributed by atoms with Crippen LogP contribution in [0.2, 0.25) is 0 Å². The summed E-state index contributed by atoms with van der Waals surface area (Å²) in [4.78, 5) is 12.8. The first kappa shape index (κ1) is 17.0. The highest BCUT2D eigenvalue weighted by Gasteiger charge is 2.50. The van der Waals surface area contributed by atoms with E-state index in [2.05, 4.69) is 0 Å². The van der Waals surface area contributed by atoms with Crippen LogP contribution in [0, 0.1) is 5.82 Å². The van der Waals surface area contributed by atoms with Crippen molar-refractivity contribution in [2.75, 3.05) is 0 Å². The number of aliphatic hydroxyl groups is 1. The monoisotopic (exact) mass is 352 g/mol. The van der Waals surface area contributed by atoms with Gasteiger partial charge in [-0.1, -0.05) is 37.3 Å². The minimum atomic E-state index is -0.769. The van der Waals surface area contributed by atoms with Crippen LogP contribution in [-0.2, 0) is 16.0 Å². The minimum absolute atomic E-state index is 0.0421. The molecule has 0 aliphatic carbocycles. The minimum Gasteiger partial charge on any atom is -0.508 e. The van der Waals surface area contributed by atoms with Gasteiger partial charge in [0.1, 0.15) is 23.3 Å². The Morgan fingerprint density at radius 1 is 1.19 bits per heavy atom. The standard InChI is InChI=1S/C22H21FO3/c1-3-13-12-15(14-4-7-16(23)8-5-14)6-9-17(13)19-20(24)18-10-11-22(2,26-18)21(19)25/h4-9,12,18,25H,3,10-11H2,1-2H3/t18-,22+/m0/s1. The molecule has 4 heteroatoms. The number of fused-ring (bicyclic) bond motifs is 2. The fourth-order valence-electron chi connectivity index (χ4n) is 3.95. The average molecular weight is 352 g/mol. The number of hydrogen-bond donors (Lipinski definition) is 1. The van der Waals surface area contributed by atoms with Gasteiger partial charge in [0.25, 0.3) is 0 Å². The SMILES string of the molecule is CCc1cc(-c2ccc(F)cc2)ccc1C1=C(O)[C@@]2(C)CC[C@H](O2)C1=O. The second-order valence-corrected chi connectivity index (χ2v) is 7.20. The van der Waals surface area contributed by atoms with Crippen LogP contribution in [0.25, 0.3) is 16.7 Å². The lowest BCUT2D eigenvalue weighted by Crippen LogP contribution is -2.37. The number of ketones is 1. The molecule has 2 heterocycles. The van der Waals surface area contributed by atoms with Crippen molar-refractivity contribution in [3.63, 3.8) is 0 Å². The molecule has 0 aromatic heterocycles. The quantitative estimate of drug-likeness (QED) is 0.859. The van der Waals surface area contributed by atoms with E-state index < -0.39 is 11.7 Å². The summed E-state index contributed by atoms with van der Waals surface area (Å²) in [6.07, 6.45) is 1.54. The molecular formula is C22H21FO3. The zero-order valence-electron chi connectivity index (χ0n) is 14.9. The van der Waals surface area contributed by atoms with Crippen molar-refractivity contribution in [1.82, 2.24) is 0 Å². The Bertz CT molecular complexity index is 913. The molecule has 3 nitrogen and oxygen atoms in total. The predicted molar refractivity (Wildman–Crippen MR) is 98.3 cm³/mol. The van der Waals surface area contributed by atoms with Crippen molar-refractivity contribution in [1.29, 1.82) is 0 Å². The van der Waals surface area contributed by atoms with Gasteiger partial charge in [0.05, 0.1) is 5.57 Å². The lowest BCUT2D eigenvalue weighted by molar-refractivity contribution is -0.130. The zero-order chi connectivity index (χ0) is 18.5. The highest BCUT2D eigenvalue weighted by atomic mass is 19.1. The molecule has 2 aromatic rings. The number of Topliss-reactive ketones (excluding diaryl/α,β-unsaturated/α-hetero) is 1. The van der Waals surface area contributed by atoms with Crippen LogP contribution in [0.1, 0.15) is 37.8 Å². The Hall–Kier alpha value is -2.46. The van der Waals surface area contributed by atoms with Crippen molar-refractivity contribution in [2.24, 2.45) is 0 Å². The van der Waals surface area contributed by atoms with E-state index >= 15 is 0 Å². The molecule has 2 bridgehead atoms. The van der Waals surface area contributed by atoms with Crippen LogP contribution in [-0.4, -0.2) is 22.6 Å². The van der Waals surface area contributed by atoms with Crippen molar-refractivity contribution in [3.05, 3.63) is 65.2 Å². The Balaban J connectivity index is 1.82. The normalized spacial score (nSPS) is 25.0. The average Bonchev–Trinajstić information content (AvgIpc) is 3.02. The third kappa shape index (κ3) is 2.56. The molecule has 1 fully saturated rings. The first-order valence-corrected chi connectivity index (χ1v) is 8.98. The van der Waals surface area contributed by atoms with Crippen molar-refractivity contribution in [2.45, 2.75) is 44.8 Å². The molecule has 0 amide bonds. The molecule has 26 heavy (non-hydrogen) atoms. The smallest absolute Gasteiger partial charge is 0.195 e. The summed E-state index contributed by atoms with van der Waals surface area (Å²) < 4.78 is 18.9. The second kappa shape index (κ2) is 6.06. The van der Waals surface area contributed by atoms with E-state index in [9.17, 15) is 14.3 Å². The maximum Gasteiger partial charge on any atom is 0.195 e. The number of ether oxygens (including phenoxy) is 1. The largest absolute Gasteiger partial charge is 0.508 e. The third-order valence-corrected chi connectivity index (χ3v) is 5.50. The molecule has 2 aliphatic rings. The summed E-state index contributed by atoms with van der Waals surface area (Å²) in [7, 11) is 0. The van der Waals surface area contributed by atoms with Gasteiger partial charge < -0.3 is 9.84 Å². The van der Waals surface area contributed by atoms with Crippen molar-refractivity contribution in [3.8, 4) is 11.1 Å². The first-order chi connectivity index (χ1) is 12.4. The topological polar surface area (TPSA) is 46.5 Å². The molecular weight excluding hydrogens is 331 g/mol. The summed E-state index contributed by atoms with van der Waals surface area (Å²) in [5.41, 5.74) is 3.24. The van der Waals surface area contributed by atoms with E-state index in [0.717, 1.165) is 28.7 Å². The molecule has 2 atom stereocenters. The van der Waals surface area contributed by atoms with Gasteiger partial charge in [-0.2, -0.15) is 0 Å². The lowest BCUT2D eigenvalue weighted by Gasteiger charge is -2.31. The Morgan fingerprint density at radius 2 is 1.88 bits per heavy atom. The van der Waals surface area contributed by atoms with E-state index in [1.54, 1.807) is 12.1 Å². The number of benzene rings is 2. The van der Waals surface area contributed by atoms with Crippen LogP contribution in [0.3, 0.4) is 0 Å². The van der Waals surface area contributed by atoms with E-state index in [1.807, 2.05) is 32.0 Å². The molecule has 4 rings (SSSR count). The summed E-state index contributed by atoms with van der Waals surface area (Å²) in [5, 5.41) is 10.8. The van der Waals surface area contributed by atoms with E-state index in [-0.39, 0.29) is 17.4 Å². The molecule has 0 saturated carbocycles. The molecule has 1 N–H and O–H groups in total. The molecule has 1 saturated heterocycles. The molecule has 0 unspecified atom stereocenters. The molecule has 134 valence electrons. The van der Waals surface area contributed by atoms with Gasteiger partial charge in [-0.25, -0.2) is 4.39 Å². The number of halogens is 1. The maximum atomic E-state index is 13.2. The summed E-state index contributed by atoms with van der Waals surface area (Å²) in [5.74, 6) is -0.366. The van der Waals surface area contributed by atoms with E-state index in [0.29, 0.717) is 18.4 Å². The van der Waals surface area contributed by atoms with Crippen LogP contribution in [0.15, 0.2) is 48.2 Å². The Morgan fingerprint density at radius 3 is 2.58 bits per heavy atom. The maximum absolute atomic E-state index is 13.2. The number of hydrogen-bond acceptors (Lipinski definition) is 3. The van der Waals surface area contributed by atoms with Gasteiger partial charge >= 0.3 is 0 Å². The van der Waals surface area contributed by atoms with E-state index in [4.69, 9.17) is 4.74 Å². The van der Waals surface area contributed by atoms with Crippen LogP contribution in [0.5, 0.6) is 0 Å². The highest BCUT2D eigenvalue weighted by Crippen LogP contribution is 2.45. The lowest BCUT2D eigenvalue weighted by atomic mass is 9.87. The van der Waals surface area contributed by atoms with Gasteiger partial charge in [-0.05, 0) is 60.6 Å². The number of aryl methyl sites for hydroxylation is 1. The Labute approximate surface area is 152 Å². The third-order valence-electron chi connectivity index (χ3n) is 5.50. The molecule has 0 spiro atoms. The van der Waals surface area contributed by atoms with Gasteiger partial charge in [-0.3, -0.25) is 4.79 Å². The highest BCUT2D eigenvalue weighted by molar-refractivity contribution is 6.25. The van der Waals surface area contributed by atoms with Crippen molar-refractivity contribution < 1.29 is 19.0 Å². The fourth-order valence-corrected chi connectivity index (χ4v) is 3.95. The molecule has 2 aromatic carbocycles. The summed E-state index contributed by atoms with van der Waals surface area (Å²) in [6, 6.07) is 12.1. The van der Waals surface area contributed by atoms with Crippen LogP contribution < -0.4 is 0 Å². The van der Waals surface area contributed by atoms with Crippen LogP contribution in [0.4, 0.5) is 4.39 Å². The fraction of sp³-hybridized carbons (Fsp3) is 0.318. The van der Waals surface area contributed by atoms with Crippen molar-refractivity contribution >= 4 is 11.4 Å². The second-order valence-electron chi connectivity index (χ2n) is 7.20. The van der Waals surface area contributed by atoms with Gasteiger partial charge in [0.2, 0.25) is 0 Å². The Kier molecular flexibility index (Phi) is 3.96. The molecule has 2 aliphatic heterocycles.